The minimum Gasteiger partial charge on any atom is -0.423 e. The average Bonchev–Trinajstić information content (AvgIpc) is 1.54. The number of hydrogen-bond donors (Lipinski definition) is 6. The van der Waals surface area contributed by atoms with Gasteiger partial charge in [0.15, 0.2) is 39.1 Å². The van der Waals surface area contributed by atoms with Gasteiger partial charge >= 0.3 is 6.01 Å². The summed E-state index contributed by atoms with van der Waals surface area (Å²) in [5.74, 6) is 0.325. The molecule has 24 rings (SSSR count). The number of Topliss-reactive ketones (excluding diaryl/α,β-unsaturated/α-hetero) is 1. The number of nitrogen functional groups attached to an aromatic ring is 5. The standard InChI is InChI=1S/C32H26N8O3.C29H22N8OS.C26H24N6O2.C24H20F2N6O/c1-17-7-4-5-10-24(17)40-22(13-20-9-6-8-18(2)26(20)31(40)42)15-39-30-27(29(33)34-16-35-30)28(38-39)21-11-12-25-23(14-21)37-32(43-25)36-19(3)41;1-16-6-5-7-17-12-20(37(28(38)23(16)17)19-8-3-2-4-9-19)14-36-27-24(26(30)32-15-33-27)25(35-36)18-10-11-21-22(13-18)39-29(31)34-21;1-4-20(33)23-22-24(27)28-14-29-25(22)31(30-23)13-18-12-17-10-7-9-16(3)21(17)26(34)32(18)19-11-6-5-8-15(19)2;1-13-6-3-4-9-17(13)32-16(10-15-8-5-7-14(2)18(15)24(32)33)11-31-23-19(20(30-31)21(25)26)22(27)28-12-29-23/h4-14,16H,15H2,1-3H3,(H2,33,34,35)(H,36,37,41);2-13,15H,14H2,1H3,(H2,31,34)(H2,30,32,33);5-12,14H,4,13H2,1-3H3,(H2,27,28,29);3-10,12,21H,11H2,1-2H3,(H2,27,28,29). The molecule has 738 valence electrons. The Morgan fingerprint density at radius 1 is 0.376 bits per heavy atom. The van der Waals surface area contributed by atoms with E-state index >= 15 is 0 Å². The number of alkyl halides is 2. The molecule has 0 fully saturated rings. The molecule has 11 N–H and O–H groups in total. The molecule has 24 aromatic rings. The predicted octanol–water partition coefficient (Wildman–Crippen LogP) is 18.4. The number of carbonyl (C=O) groups is 2. The van der Waals surface area contributed by atoms with Gasteiger partial charge in [0.1, 0.15) is 76.9 Å². The lowest BCUT2D eigenvalue weighted by molar-refractivity contribution is -0.114. The number of nitrogens with zero attached hydrogens (tertiary/aromatic N) is 22. The Bertz CT molecular complexity index is 9870. The van der Waals surface area contributed by atoms with Gasteiger partial charge in [-0.25, -0.2) is 72.4 Å². The number of pyridine rings is 4. The number of halogens is 2. The quantitative estimate of drug-likeness (QED) is 0.0434. The zero-order valence-electron chi connectivity index (χ0n) is 81.7. The topological polar surface area (TPSA) is 478 Å². The largest absolute Gasteiger partial charge is 0.423 e. The summed E-state index contributed by atoms with van der Waals surface area (Å²) in [5.41, 5.74) is 48.7. The fourth-order valence-corrected chi connectivity index (χ4v) is 20.2. The van der Waals surface area contributed by atoms with E-state index in [1.807, 2.05) is 279 Å². The molecule has 0 unspecified atom stereocenters. The molecule has 0 aliphatic heterocycles. The molecular formula is C111H92F2N28O7S. The third-order valence-electron chi connectivity index (χ3n) is 26.3. The summed E-state index contributed by atoms with van der Waals surface area (Å²) in [7, 11) is 0. The van der Waals surface area contributed by atoms with Crippen LogP contribution in [0.3, 0.4) is 0 Å². The second-order valence-electron chi connectivity index (χ2n) is 36.0. The Morgan fingerprint density at radius 2 is 0.745 bits per heavy atom. The molecule has 0 aliphatic carbocycles. The second kappa shape index (κ2) is 39.0. The Labute approximate surface area is 848 Å². The molecule has 0 saturated carbocycles. The number of aromatic nitrogens is 22. The number of fused-ring (bicyclic) bond motifs is 10. The van der Waals surface area contributed by atoms with Crippen molar-refractivity contribution in [3.05, 3.63) is 376 Å². The second-order valence-corrected chi connectivity index (χ2v) is 37.1. The maximum Gasteiger partial charge on any atom is 0.302 e. The molecule has 0 aliphatic rings. The molecule has 0 atom stereocenters. The Kier molecular flexibility index (Phi) is 25.1. The van der Waals surface area contributed by atoms with Crippen LogP contribution in [-0.2, 0) is 31.0 Å². The highest BCUT2D eigenvalue weighted by atomic mass is 32.1. The van der Waals surface area contributed by atoms with Gasteiger partial charge in [0.05, 0.1) is 96.5 Å². The molecule has 0 saturated heterocycles. The molecule has 1 amide bonds. The van der Waals surface area contributed by atoms with Crippen molar-refractivity contribution in [2.24, 2.45) is 0 Å². The average molecular weight is 2000 g/mol. The van der Waals surface area contributed by atoms with Crippen molar-refractivity contribution in [3.8, 4) is 45.3 Å². The third-order valence-corrected chi connectivity index (χ3v) is 27.2. The van der Waals surface area contributed by atoms with Gasteiger partial charge in [-0.1, -0.05) is 170 Å². The molecule has 35 nitrogen and oxygen atoms in total. The van der Waals surface area contributed by atoms with E-state index in [0.717, 1.165) is 110 Å². The predicted molar refractivity (Wildman–Crippen MR) is 577 cm³/mol. The van der Waals surface area contributed by atoms with E-state index < -0.39 is 12.1 Å². The zero-order chi connectivity index (χ0) is 104. The first-order valence-corrected chi connectivity index (χ1v) is 48.2. The molecule has 14 heterocycles. The van der Waals surface area contributed by atoms with Crippen molar-refractivity contribution < 1.29 is 22.8 Å². The van der Waals surface area contributed by atoms with Crippen LogP contribution < -0.4 is 56.2 Å². The van der Waals surface area contributed by atoms with Gasteiger partial charge in [-0.15, -0.1) is 0 Å². The van der Waals surface area contributed by atoms with E-state index in [9.17, 15) is 37.5 Å². The van der Waals surface area contributed by atoms with Crippen molar-refractivity contribution >= 4 is 166 Å². The summed E-state index contributed by atoms with van der Waals surface area (Å²) in [6, 6.07) is 75.2. The van der Waals surface area contributed by atoms with Crippen LogP contribution in [0.5, 0.6) is 0 Å². The van der Waals surface area contributed by atoms with E-state index in [1.54, 1.807) is 45.3 Å². The van der Waals surface area contributed by atoms with Crippen LogP contribution in [0.1, 0.15) is 105 Å². The number of carbonyl (C=O) groups excluding carboxylic acids is 2. The van der Waals surface area contributed by atoms with Crippen molar-refractivity contribution in [1.29, 1.82) is 0 Å². The maximum absolute atomic E-state index is 14.1. The lowest BCUT2D eigenvalue weighted by atomic mass is 10.1. The summed E-state index contributed by atoms with van der Waals surface area (Å²) in [6.45, 7) is 17.5. The highest BCUT2D eigenvalue weighted by Gasteiger charge is 2.30. The minimum absolute atomic E-state index is 0.0222. The summed E-state index contributed by atoms with van der Waals surface area (Å²) in [4.78, 5) is 122. The molecule has 0 bridgehead atoms. The zero-order valence-corrected chi connectivity index (χ0v) is 82.5. The summed E-state index contributed by atoms with van der Waals surface area (Å²) >= 11 is 1.41. The minimum atomic E-state index is -2.85. The van der Waals surface area contributed by atoms with E-state index in [2.05, 4.69) is 65.4 Å². The lowest BCUT2D eigenvalue weighted by Crippen LogP contribution is -2.25. The van der Waals surface area contributed by atoms with Crippen LogP contribution in [0.4, 0.5) is 43.2 Å². The number of para-hydroxylation sites is 4. The van der Waals surface area contributed by atoms with E-state index in [-0.39, 0.29) is 107 Å². The van der Waals surface area contributed by atoms with Crippen molar-refractivity contribution in [3.63, 3.8) is 0 Å². The van der Waals surface area contributed by atoms with Crippen LogP contribution in [0, 0.1) is 48.5 Å². The Morgan fingerprint density at radius 3 is 1.17 bits per heavy atom. The SMILES string of the molecule is CC(=O)Nc1nc2cc(-c3nn(Cc4cc5cccc(C)c5c(=O)n4-c4ccccc4C)c4ncnc(N)c34)ccc2o1.CCC(=O)c1nn(Cc2cc3cccc(C)c3c(=O)n2-c2ccccc2C)c2ncnc(N)c12.Cc1cccc2cc(Cn3nc(-c4ccc5nc(N)sc5c4)c4c(N)ncnc43)n(-c3ccccc3)c(=O)c12.Cc1ccccc1-n1c(Cn2nc(C(F)F)c3c(N)ncnc32)cc2cccc(C)c2c1=O. The van der Waals surface area contributed by atoms with Gasteiger partial charge in [0.25, 0.3) is 28.7 Å². The Balaban J connectivity index is 0.000000117. The van der Waals surface area contributed by atoms with Gasteiger partial charge < -0.3 is 33.1 Å². The molecule has 149 heavy (non-hydrogen) atoms. The molecule has 10 aromatic carbocycles. The number of aryl methyl sites for hydroxylation is 7. The normalized spacial score (nSPS) is 11.5. The molecule has 38 heteroatoms. The molecule has 0 spiro atoms. The summed E-state index contributed by atoms with van der Waals surface area (Å²) in [5, 5.41) is 29.3. The lowest BCUT2D eigenvalue weighted by Gasteiger charge is -2.17. The van der Waals surface area contributed by atoms with Gasteiger partial charge in [0.2, 0.25) is 5.91 Å². The molecule has 0 radical (unpaired) electrons. The highest BCUT2D eigenvalue weighted by molar-refractivity contribution is 7.22. The van der Waals surface area contributed by atoms with E-state index in [0.29, 0.717) is 105 Å². The van der Waals surface area contributed by atoms with Crippen molar-refractivity contribution in [1.82, 2.24) is 107 Å². The Hall–Kier alpha value is -19.4. The van der Waals surface area contributed by atoms with Crippen LogP contribution in [-0.4, -0.2) is 119 Å². The number of benzene rings is 10. The molecular weight excluding hydrogens is 1910 g/mol. The fraction of sp³-hybridized carbons (Fsp3) is 0.135. The van der Waals surface area contributed by atoms with Gasteiger partial charge in [-0.2, -0.15) is 25.4 Å². The molecule has 14 aromatic heterocycles. The highest BCUT2D eigenvalue weighted by Crippen LogP contribution is 2.39. The number of rotatable bonds is 18. The fourth-order valence-electron chi connectivity index (χ4n) is 19.4. The number of hydrogen-bond acceptors (Lipinski definition) is 27. The first-order valence-electron chi connectivity index (χ1n) is 47.4. The van der Waals surface area contributed by atoms with Crippen molar-refractivity contribution in [2.45, 2.75) is 101 Å². The van der Waals surface area contributed by atoms with Gasteiger partial charge in [-0.3, -0.25) is 52.4 Å². The number of anilines is 6. The first kappa shape index (κ1) is 95.8. The van der Waals surface area contributed by atoms with E-state index in [4.69, 9.17) is 43.3 Å². The number of nitrogens with one attached hydrogen (secondary N) is 1. The number of oxazole rings is 1. The van der Waals surface area contributed by atoms with Crippen LogP contribution in [0.15, 0.2) is 285 Å². The van der Waals surface area contributed by atoms with Gasteiger partial charge in [-0.05, 0) is 194 Å². The van der Waals surface area contributed by atoms with Crippen LogP contribution in [0.2, 0.25) is 0 Å². The number of thiazole rings is 1. The number of amides is 1. The third kappa shape index (κ3) is 17.7. The van der Waals surface area contributed by atoms with Crippen molar-refractivity contribution in [2.75, 3.05) is 34.0 Å². The monoisotopic (exact) mass is 2000 g/mol. The summed E-state index contributed by atoms with van der Waals surface area (Å²) < 4.78 is 47.3. The van der Waals surface area contributed by atoms with Gasteiger partial charge in [0, 0.05) is 52.9 Å². The number of ketones is 1. The van der Waals surface area contributed by atoms with Crippen LogP contribution in [0.25, 0.3) is 154 Å². The maximum atomic E-state index is 14.1. The van der Waals surface area contributed by atoms with E-state index in [1.165, 1.54) is 48.3 Å². The first-order chi connectivity index (χ1) is 72.0. The summed E-state index contributed by atoms with van der Waals surface area (Å²) in [6.07, 6.45) is 2.83. The van der Waals surface area contributed by atoms with Crippen LogP contribution >= 0.6 is 11.3 Å². The number of nitrogens with two attached hydrogens (primary N) is 5. The smallest absolute Gasteiger partial charge is 0.302 e.